The molecule has 0 N–H and O–H groups in total. The lowest BCUT2D eigenvalue weighted by atomic mass is 9.93. The lowest BCUT2D eigenvalue weighted by Gasteiger charge is -2.26. The molecule has 0 spiro atoms. The molecule has 0 saturated heterocycles. The Labute approximate surface area is 320 Å². The third-order valence-corrected chi connectivity index (χ3v) is 11.4. The molecule has 1 aromatic heterocycles. The zero-order valence-corrected chi connectivity index (χ0v) is 30.6. The summed E-state index contributed by atoms with van der Waals surface area (Å²) in [5, 5.41) is 7.66. The standard InChI is InChI=1S/C52H37NS/c1-3-37(44(4-2)38-14-6-5-7-15-38)25-22-36-23-28-41(29-24-36)53(43-32-33-49-48-20-12-13-21-51(48)54-52(49)35-43)42-30-26-39(27-31-42)50-34-40-16-8-9-17-45(40)46-18-10-11-19-47(46)50/h3-35H,1-2H2/b25-22+,44-37-. The normalized spacial score (nSPS) is 12.1. The summed E-state index contributed by atoms with van der Waals surface area (Å²) in [6.45, 7) is 8.18. The molecule has 9 aromatic rings. The Bertz CT molecular complexity index is 2890. The van der Waals surface area contributed by atoms with E-state index in [1.54, 1.807) is 0 Å². The average Bonchev–Trinajstić information content (AvgIpc) is 3.61. The van der Waals surface area contributed by atoms with Gasteiger partial charge in [-0.05, 0) is 103 Å². The molecule has 1 nitrogen and oxygen atoms in total. The van der Waals surface area contributed by atoms with Crippen molar-refractivity contribution < 1.29 is 0 Å². The lowest BCUT2D eigenvalue weighted by molar-refractivity contribution is 1.29. The number of hydrogen-bond acceptors (Lipinski definition) is 2. The number of nitrogens with zero attached hydrogens (tertiary/aromatic N) is 1. The molecule has 8 aromatic carbocycles. The SMILES string of the molecule is C=CC(/C=C/c1ccc(N(c2ccc(-c3cc4ccccc4c4ccccc34)cc2)c2ccc3c(c2)sc2ccccc23)cc1)=C(\C=C)c1ccccc1. The van der Waals surface area contributed by atoms with Crippen LogP contribution in [0.4, 0.5) is 17.1 Å². The number of anilines is 3. The third kappa shape index (κ3) is 6.13. The molecule has 0 aliphatic rings. The Morgan fingerprint density at radius 2 is 1.09 bits per heavy atom. The van der Waals surface area contributed by atoms with E-state index in [2.05, 4.69) is 188 Å². The van der Waals surface area contributed by atoms with E-state index in [-0.39, 0.29) is 0 Å². The molecule has 1 heterocycles. The van der Waals surface area contributed by atoms with Crippen LogP contribution >= 0.6 is 11.3 Å². The van der Waals surface area contributed by atoms with E-state index in [1.165, 1.54) is 52.8 Å². The molecule has 0 saturated carbocycles. The van der Waals surface area contributed by atoms with Crippen LogP contribution in [0, 0.1) is 0 Å². The van der Waals surface area contributed by atoms with Crippen LogP contribution in [-0.2, 0) is 0 Å². The molecule has 0 fully saturated rings. The number of allylic oxidation sites excluding steroid dienone is 5. The van der Waals surface area contributed by atoms with Gasteiger partial charge in [-0.3, -0.25) is 0 Å². The van der Waals surface area contributed by atoms with Gasteiger partial charge in [0.25, 0.3) is 0 Å². The number of hydrogen-bond donors (Lipinski definition) is 0. The Balaban J connectivity index is 1.12. The largest absolute Gasteiger partial charge is 0.310 e. The minimum absolute atomic E-state index is 1.03. The highest BCUT2D eigenvalue weighted by molar-refractivity contribution is 7.25. The maximum atomic E-state index is 4.10. The van der Waals surface area contributed by atoms with Crippen LogP contribution in [0.15, 0.2) is 213 Å². The second kappa shape index (κ2) is 14.4. The zero-order valence-electron chi connectivity index (χ0n) is 29.8. The van der Waals surface area contributed by atoms with Gasteiger partial charge in [0.15, 0.2) is 0 Å². The van der Waals surface area contributed by atoms with Gasteiger partial charge in [-0.25, -0.2) is 0 Å². The molecule has 0 atom stereocenters. The van der Waals surface area contributed by atoms with E-state index in [4.69, 9.17) is 0 Å². The van der Waals surface area contributed by atoms with Crippen LogP contribution in [0.3, 0.4) is 0 Å². The second-order valence-corrected chi connectivity index (χ2v) is 14.5. The highest BCUT2D eigenvalue weighted by Gasteiger charge is 2.16. The lowest BCUT2D eigenvalue weighted by Crippen LogP contribution is -2.09. The predicted molar refractivity (Wildman–Crippen MR) is 237 cm³/mol. The molecular weight excluding hydrogens is 671 g/mol. The van der Waals surface area contributed by atoms with Crippen molar-refractivity contribution in [3.8, 4) is 11.1 Å². The molecule has 0 amide bonds. The summed E-state index contributed by atoms with van der Waals surface area (Å²) in [6.07, 6.45) is 8.06. The first-order chi connectivity index (χ1) is 26.7. The van der Waals surface area contributed by atoms with E-state index in [0.717, 1.165) is 39.3 Å². The number of fused-ring (bicyclic) bond motifs is 6. The first-order valence-electron chi connectivity index (χ1n) is 18.2. The first-order valence-corrected chi connectivity index (χ1v) is 19.1. The highest BCUT2D eigenvalue weighted by atomic mass is 32.1. The molecule has 0 unspecified atom stereocenters. The molecular formula is C52H37NS. The van der Waals surface area contributed by atoms with Crippen molar-refractivity contribution in [2.24, 2.45) is 0 Å². The van der Waals surface area contributed by atoms with E-state index >= 15 is 0 Å². The van der Waals surface area contributed by atoms with Crippen LogP contribution in [0.5, 0.6) is 0 Å². The molecule has 0 radical (unpaired) electrons. The molecule has 9 rings (SSSR count). The maximum absolute atomic E-state index is 4.10. The fraction of sp³-hybridized carbons (Fsp3) is 0. The van der Waals surface area contributed by atoms with Gasteiger partial charge in [0.2, 0.25) is 0 Å². The average molecular weight is 708 g/mol. The van der Waals surface area contributed by atoms with E-state index < -0.39 is 0 Å². The third-order valence-electron chi connectivity index (χ3n) is 10.3. The van der Waals surface area contributed by atoms with Crippen molar-refractivity contribution in [2.75, 3.05) is 4.90 Å². The molecule has 256 valence electrons. The fourth-order valence-corrected chi connectivity index (χ4v) is 8.73. The number of rotatable bonds is 9. The summed E-state index contributed by atoms with van der Waals surface area (Å²) in [5.41, 5.74) is 10.1. The Morgan fingerprint density at radius 3 is 1.83 bits per heavy atom. The maximum Gasteiger partial charge on any atom is 0.0476 e. The van der Waals surface area contributed by atoms with Gasteiger partial charge in [-0.1, -0.05) is 165 Å². The smallest absolute Gasteiger partial charge is 0.0476 e. The monoisotopic (exact) mass is 707 g/mol. The van der Waals surface area contributed by atoms with Gasteiger partial charge in [0.05, 0.1) is 0 Å². The molecule has 2 heteroatoms. The quantitative estimate of drug-likeness (QED) is 0.107. The summed E-state index contributed by atoms with van der Waals surface area (Å²) in [7, 11) is 0. The minimum atomic E-state index is 1.03. The number of thiophene rings is 1. The van der Waals surface area contributed by atoms with Gasteiger partial charge in [-0.15, -0.1) is 11.3 Å². The number of benzene rings is 8. The molecule has 0 aliphatic carbocycles. The highest BCUT2D eigenvalue weighted by Crippen LogP contribution is 2.42. The Kier molecular flexibility index (Phi) is 8.80. The zero-order chi connectivity index (χ0) is 36.4. The van der Waals surface area contributed by atoms with Gasteiger partial charge in [-0.2, -0.15) is 0 Å². The molecule has 0 aliphatic heterocycles. The topological polar surface area (TPSA) is 3.24 Å². The van der Waals surface area contributed by atoms with Crippen LogP contribution in [0.2, 0.25) is 0 Å². The van der Waals surface area contributed by atoms with E-state index in [1.807, 2.05) is 41.7 Å². The van der Waals surface area contributed by atoms with Crippen molar-refractivity contribution in [1.29, 1.82) is 0 Å². The van der Waals surface area contributed by atoms with Crippen molar-refractivity contribution in [2.45, 2.75) is 0 Å². The predicted octanol–water partition coefficient (Wildman–Crippen LogP) is 15.3. The van der Waals surface area contributed by atoms with Gasteiger partial charge in [0, 0.05) is 37.2 Å². The summed E-state index contributed by atoms with van der Waals surface area (Å²) in [4.78, 5) is 2.36. The Hall–Kier alpha value is -6.74. The fourth-order valence-electron chi connectivity index (χ4n) is 7.59. The van der Waals surface area contributed by atoms with Crippen molar-refractivity contribution in [3.05, 3.63) is 224 Å². The Morgan fingerprint density at radius 1 is 0.481 bits per heavy atom. The second-order valence-electron chi connectivity index (χ2n) is 13.4. The summed E-state index contributed by atoms with van der Waals surface area (Å²) >= 11 is 1.85. The van der Waals surface area contributed by atoms with E-state index in [0.29, 0.717) is 0 Å². The van der Waals surface area contributed by atoms with Crippen LogP contribution in [-0.4, -0.2) is 0 Å². The van der Waals surface area contributed by atoms with Gasteiger partial charge in [0.1, 0.15) is 0 Å². The minimum Gasteiger partial charge on any atom is -0.310 e. The van der Waals surface area contributed by atoms with Crippen molar-refractivity contribution in [1.82, 2.24) is 0 Å². The van der Waals surface area contributed by atoms with Gasteiger partial charge < -0.3 is 4.90 Å². The van der Waals surface area contributed by atoms with Crippen LogP contribution in [0.25, 0.3) is 64.5 Å². The summed E-state index contributed by atoms with van der Waals surface area (Å²) in [6, 6.07) is 63.4. The molecule has 54 heavy (non-hydrogen) atoms. The van der Waals surface area contributed by atoms with Crippen molar-refractivity contribution in [3.63, 3.8) is 0 Å². The first kappa shape index (κ1) is 33.1. The van der Waals surface area contributed by atoms with E-state index in [9.17, 15) is 0 Å². The van der Waals surface area contributed by atoms with Crippen LogP contribution in [0.1, 0.15) is 11.1 Å². The van der Waals surface area contributed by atoms with Crippen LogP contribution < -0.4 is 4.90 Å². The van der Waals surface area contributed by atoms with Gasteiger partial charge >= 0.3 is 0 Å². The van der Waals surface area contributed by atoms with Crippen molar-refractivity contribution >= 4 is 81.8 Å². The summed E-state index contributed by atoms with van der Waals surface area (Å²) in [5.74, 6) is 0. The molecule has 0 bridgehead atoms. The summed E-state index contributed by atoms with van der Waals surface area (Å²) < 4.78 is 2.58.